The van der Waals surface area contributed by atoms with Crippen molar-refractivity contribution in [3.63, 3.8) is 0 Å². The summed E-state index contributed by atoms with van der Waals surface area (Å²) < 4.78 is 0. The van der Waals surface area contributed by atoms with Crippen molar-refractivity contribution in [3.8, 4) is 0 Å². The Kier molecular flexibility index (Phi) is 5.15. The molecule has 2 aliphatic rings. The molecule has 3 aromatic carbocycles. The maximum absolute atomic E-state index is 13.5. The molecule has 5 rings (SSSR count). The fourth-order valence-electron chi connectivity index (χ4n) is 4.50. The summed E-state index contributed by atoms with van der Waals surface area (Å²) in [5.41, 5.74) is 3.74. The van der Waals surface area contributed by atoms with Gasteiger partial charge in [-0.2, -0.15) is 0 Å². The van der Waals surface area contributed by atoms with Crippen LogP contribution in [0.2, 0.25) is 0 Å². The maximum atomic E-state index is 13.5. The number of amides is 2. The molecule has 162 valence electrons. The van der Waals surface area contributed by atoms with Crippen LogP contribution >= 0.6 is 0 Å². The molecule has 2 saturated heterocycles. The third-order valence-electron chi connectivity index (χ3n) is 6.15. The molecule has 2 heterocycles. The summed E-state index contributed by atoms with van der Waals surface area (Å²) in [6.07, 6.45) is -0.829. The summed E-state index contributed by atoms with van der Waals surface area (Å²) in [6.45, 7) is 0.256. The monoisotopic (exact) mass is 427 g/mol. The number of benzene rings is 3. The van der Waals surface area contributed by atoms with E-state index < -0.39 is 18.1 Å². The highest BCUT2D eigenvalue weighted by Crippen LogP contribution is 2.47. The SMILES string of the molecule is CN(C)c1ccc([C@@H]2[C@H]3C(=O)N(Cc4ccccc4)C(=O)[C@@H]3ON2c2ccccc2)cc1. The van der Waals surface area contributed by atoms with Gasteiger partial charge in [0.05, 0.1) is 18.3 Å². The zero-order chi connectivity index (χ0) is 22.2. The lowest BCUT2D eigenvalue weighted by molar-refractivity contribution is -0.143. The third-order valence-corrected chi connectivity index (χ3v) is 6.15. The van der Waals surface area contributed by atoms with Crippen LogP contribution in [0.15, 0.2) is 84.9 Å². The zero-order valence-corrected chi connectivity index (χ0v) is 18.1. The Morgan fingerprint density at radius 3 is 2.06 bits per heavy atom. The van der Waals surface area contributed by atoms with Crippen molar-refractivity contribution in [2.45, 2.75) is 18.7 Å². The molecule has 2 amide bonds. The minimum atomic E-state index is -0.829. The number of fused-ring (bicyclic) bond motifs is 1. The van der Waals surface area contributed by atoms with Crippen molar-refractivity contribution >= 4 is 23.2 Å². The van der Waals surface area contributed by atoms with E-state index in [1.165, 1.54) is 4.90 Å². The standard InChI is InChI=1S/C26H25N3O3/c1-27(2)20-15-13-19(14-16-20)23-22-24(32-29(23)21-11-7-4-8-12-21)26(31)28(25(22)30)17-18-9-5-3-6-10-18/h3-16,22-24H,17H2,1-2H3/t22-,23-,24-/m1/s1. The number of likely N-dealkylation sites (tertiary alicyclic amines) is 1. The van der Waals surface area contributed by atoms with Gasteiger partial charge in [0.1, 0.15) is 5.92 Å². The smallest absolute Gasteiger partial charge is 0.262 e. The molecule has 0 spiro atoms. The fraction of sp³-hybridized carbons (Fsp3) is 0.231. The molecule has 0 unspecified atom stereocenters. The van der Waals surface area contributed by atoms with Crippen molar-refractivity contribution in [2.75, 3.05) is 24.1 Å². The van der Waals surface area contributed by atoms with Crippen molar-refractivity contribution in [3.05, 3.63) is 96.1 Å². The zero-order valence-electron chi connectivity index (χ0n) is 18.1. The van der Waals surface area contributed by atoms with E-state index in [1.54, 1.807) is 5.06 Å². The quantitative estimate of drug-likeness (QED) is 0.580. The predicted octanol–water partition coefficient (Wildman–Crippen LogP) is 3.80. The molecule has 0 saturated carbocycles. The van der Waals surface area contributed by atoms with Gasteiger partial charge in [-0.05, 0) is 35.4 Å². The summed E-state index contributed by atoms with van der Waals surface area (Å²) in [5.74, 6) is -1.07. The Bertz CT molecular complexity index is 1120. The largest absolute Gasteiger partial charge is 0.378 e. The van der Waals surface area contributed by atoms with Crippen LogP contribution in [-0.2, 0) is 21.0 Å². The van der Waals surface area contributed by atoms with Gasteiger partial charge < -0.3 is 4.90 Å². The average molecular weight is 428 g/mol. The van der Waals surface area contributed by atoms with Crippen LogP contribution in [0.4, 0.5) is 11.4 Å². The Morgan fingerprint density at radius 1 is 0.812 bits per heavy atom. The van der Waals surface area contributed by atoms with Gasteiger partial charge in [-0.25, -0.2) is 5.06 Å². The van der Waals surface area contributed by atoms with Gasteiger partial charge in [0, 0.05) is 19.8 Å². The number of carbonyl (C=O) groups is 2. The van der Waals surface area contributed by atoms with Crippen LogP contribution in [0.5, 0.6) is 0 Å². The molecule has 3 aromatic rings. The van der Waals surface area contributed by atoms with Crippen LogP contribution in [0.3, 0.4) is 0 Å². The Balaban J connectivity index is 1.51. The molecule has 6 nitrogen and oxygen atoms in total. The van der Waals surface area contributed by atoms with Crippen LogP contribution in [-0.4, -0.2) is 36.9 Å². The molecule has 2 aliphatic heterocycles. The molecule has 32 heavy (non-hydrogen) atoms. The van der Waals surface area contributed by atoms with Crippen LogP contribution in [0.25, 0.3) is 0 Å². The van der Waals surface area contributed by atoms with Crippen molar-refractivity contribution in [2.24, 2.45) is 5.92 Å². The molecule has 0 bridgehead atoms. The Hall–Kier alpha value is -3.64. The van der Waals surface area contributed by atoms with Gasteiger partial charge in [-0.15, -0.1) is 0 Å². The van der Waals surface area contributed by atoms with E-state index in [4.69, 9.17) is 4.84 Å². The number of rotatable bonds is 5. The van der Waals surface area contributed by atoms with E-state index >= 15 is 0 Å². The topological polar surface area (TPSA) is 53.1 Å². The first-order valence-electron chi connectivity index (χ1n) is 10.7. The van der Waals surface area contributed by atoms with Crippen LogP contribution < -0.4 is 9.96 Å². The van der Waals surface area contributed by atoms with E-state index in [-0.39, 0.29) is 18.4 Å². The second-order valence-electron chi connectivity index (χ2n) is 8.39. The number of hydrogen-bond donors (Lipinski definition) is 0. The Labute approximate surface area is 187 Å². The lowest BCUT2D eigenvalue weighted by atomic mass is 9.90. The van der Waals surface area contributed by atoms with Gasteiger partial charge in [-0.3, -0.25) is 19.3 Å². The summed E-state index contributed by atoms with van der Waals surface area (Å²) in [5, 5.41) is 1.73. The van der Waals surface area contributed by atoms with Crippen molar-refractivity contribution in [1.82, 2.24) is 4.90 Å². The number of nitrogens with zero attached hydrogens (tertiary/aromatic N) is 3. The predicted molar refractivity (Wildman–Crippen MR) is 123 cm³/mol. The van der Waals surface area contributed by atoms with Gasteiger partial charge in [0.25, 0.3) is 5.91 Å². The molecule has 6 heteroatoms. The first kappa shape index (κ1) is 20.3. The molecule has 0 aromatic heterocycles. The highest BCUT2D eigenvalue weighted by Gasteiger charge is 2.59. The summed E-state index contributed by atoms with van der Waals surface area (Å²) >= 11 is 0. The van der Waals surface area contributed by atoms with Gasteiger partial charge in [-0.1, -0.05) is 60.7 Å². The number of hydrogen-bond acceptors (Lipinski definition) is 5. The Morgan fingerprint density at radius 2 is 1.44 bits per heavy atom. The van der Waals surface area contributed by atoms with Crippen LogP contribution in [0, 0.1) is 5.92 Å². The number of carbonyl (C=O) groups excluding carboxylic acids is 2. The molecule has 2 fully saturated rings. The lowest BCUT2D eigenvalue weighted by Crippen LogP contribution is -2.36. The highest BCUT2D eigenvalue weighted by atomic mass is 16.7. The first-order valence-corrected chi connectivity index (χ1v) is 10.7. The number of anilines is 2. The first-order chi connectivity index (χ1) is 15.5. The van der Waals surface area contributed by atoms with Gasteiger partial charge in [0.2, 0.25) is 5.91 Å². The van der Waals surface area contributed by atoms with Crippen LogP contribution in [0.1, 0.15) is 17.2 Å². The summed E-state index contributed by atoms with van der Waals surface area (Å²) in [4.78, 5) is 36.3. The maximum Gasteiger partial charge on any atom is 0.262 e. The average Bonchev–Trinajstić information content (AvgIpc) is 3.32. The minimum absolute atomic E-state index is 0.191. The van der Waals surface area contributed by atoms with Crippen molar-refractivity contribution < 1.29 is 14.4 Å². The molecule has 0 aliphatic carbocycles. The molecule has 0 N–H and O–H groups in total. The normalized spacial score (nSPS) is 22.4. The van der Waals surface area contributed by atoms with E-state index in [2.05, 4.69) is 0 Å². The van der Waals surface area contributed by atoms with Crippen molar-refractivity contribution in [1.29, 1.82) is 0 Å². The molecule has 3 atom stereocenters. The highest BCUT2D eigenvalue weighted by molar-refractivity contribution is 6.07. The minimum Gasteiger partial charge on any atom is -0.378 e. The number of imide groups is 1. The molecular formula is C26H25N3O3. The van der Waals surface area contributed by atoms with E-state index in [0.717, 1.165) is 22.5 Å². The van der Waals surface area contributed by atoms with Gasteiger partial charge >= 0.3 is 0 Å². The van der Waals surface area contributed by atoms with Gasteiger partial charge in [0.15, 0.2) is 6.10 Å². The summed E-state index contributed by atoms with van der Waals surface area (Å²) in [6, 6.07) is 26.9. The number of hydroxylamine groups is 1. The van der Waals surface area contributed by atoms with E-state index in [9.17, 15) is 9.59 Å². The second-order valence-corrected chi connectivity index (χ2v) is 8.39. The lowest BCUT2D eigenvalue weighted by Gasteiger charge is -2.29. The molecular weight excluding hydrogens is 402 g/mol. The molecule has 0 radical (unpaired) electrons. The summed E-state index contributed by atoms with van der Waals surface area (Å²) in [7, 11) is 3.97. The fourth-order valence-corrected chi connectivity index (χ4v) is 4.50. The second kappa shape index (κ2) is 8.13. The third kappa shape index (κ3) is 3.42. The van der Waals surface area contributed by atoms with E-state index in [1.807, 2.05) is 104 Å². The van der Waals surface area contributed by atoms with E-state index in [0.29, 0.717) is 0 Å². The number of para-hydroxylation sites is 1.